The number of hydrogen-bond acceptors (Lipinski definition) is 2. The summed E-state index contributed by atoms with van der Waals surface area (Å²) >= 11 is 0. The van der Waals surface area contributed by atoms with Gasteiger partial charge in [0, 0.05) is 5.69 Å². The van der Waals surface area contributed by atoms with E-state index >= 15 is 0 Å². The molecule has 2 aromatic rings. The standard InChI is InChI=1S/C19H17F5N2O2/c1-10(2)16(26-17(27)15-13(20)7-4-8-14(15)21)18(28)25-12-6-3-5-11(9-12)19(22,23)24/h3-10,16H,1-2H3,(H,25,28)(H,26,27). The number of rotatable bonds is 5. The van der Waals surface area contributed by atoms with Crippen LogP contribution >= 0.6 is 0 Å². The van der Waals surface area contributed by atoms with E-state index in [2.05, 4.69) is 10.6 Å². The van der Waals surface area contributed by atoms with Crippen LogP contribution in [0, 0.1) is 17.6 Å². The highest BCUT2D eigenvalue weighted by molar-refractivity contribution is 6.01. The molecule has 2 aromatic carbocycles. The largest absolute Gasteiger partial charge is 0.416 e. The molecule has 4 nitrogen and oxygen atoms in total. The van der Waals surface area contributed by atoms with Gasteiger partial charge in [0.25, 0.3) is 5.91 Å². The molecular formula is C19H17F5N2O2. The molecule has 0 spiro atoms. The third-order valence-electron chi connectivity index (χ3n) is 3.88. The third kappa shape index (κ3) is 5.05. The second-order valence-corrected chi connectivity index (χ2v) is 6.36. The van der Waals surface area contributed by atoms with Crippen LogP contribution in [0.3, 0.4) is 0 Å². The van der Waals surface area contributed by atoms with Gasteiger partial charge in [-0.1, -0.05) is 26.0 Å². The number of nitrogens with one attached hydrogen (secondary N) is 2. The van der Waals surface area contributed by atoms with Crippen molar-refractivity contribution in [1.29, 1.82) is 0 Å². The van der Waals surface area contributed by atoms with E-state index in [-0.39, 0.29) is 5.69 Å². The summed E-state index contributed by atoms with van der Waals surface area (Å²) in [5.41, 5.74) is -1.93. The first-order chi connectivity index (χ1) is 13.0. The molecule has 0 aliphatic heterocycles. The first-order valence-corrected chi connectivity index (χ1v) is 8.23. The van der Waals surface area contributed by atoms with E-state index in [1.54, 1.807) is 13.8 Å². The minimum Gasteiger partial charge on any atom is -0.340 e. The lowest BCUT2D eigenvalue weighted by atomic mass is 10.0. The second kappa shape index (κ2) is 8.37. The Labute approximate surface area is 157 Å². The summed E-state index contributed by atoms with van der Waals surface area (Å²) in [6.07, 6.45) is -4.59. The van der Waals surface area contributed by atoms with Crippen molar-refractivity contribution in [3.63, 3.8) is 0 Å². The van der Waals surface area contributed by atoms with E-state index in [1.165, 1.54) is 6.07 Å². The molecule has 0 radical (unpaired) electrons. The predicted molar refractivity (Wildman–Crippen MR) is 92.5 cm³/mol. The van der Waals surface area contributed by atoms with Crippen LogP contribution in [0.1, 0.15) is 29.8 Å². The minimum absolute atomic E-state index is 0.128. The van der Waals surface area contributed by atoms with E-state index < -0.39 is 52.7 Å². The minimum atomic E-state index is -4.59. The normalized spacial score (nSPS) is 12.6. The molecule has 1 atom stereocenters. The Balaban J connectivity index is 2.20. The maximum absolute atomic E-state index is 13.7. The average molecular weight is 400 g/mol. The molecule has 0 aliphatic rings. The third-order valence-corrected chi connectivity index (χ3v) is 3.88. The molecular weight excluding hydrogens is 383 g/mol. The molecule has 28 heavy (non-hydrogen) atoms. The van der Waals surface area contributed by atoms with E-state index in [1.807, 2.05) is 0 Å². The molecule has 0 saturated heterocycles. The quantitative estimate of drug-likeness (QED) is 0.732. The Morgan fingerprint density at radius 2 is 1.54 bits per heavy atom. The molecule has 0 fully saturated rings. The number of alkyl halides is 3. The van der Waals surface area contributed by atoms with E-state index in [4.69, 9.17) is 0 Å². The fourth-order valence-corrected chi connectivity index (χ4v) is 2.46. The molecule has 9 heteroatoms. The number of amides is 2. The second-order valence-electron chi connectivity index (χ2n) is 6.36. The van der Waals surface area contributed by atoms with E-state index in [9.17, 15) is 31.5 Å². The number of benzene rings is 2. The summed E-state index contributed by atoms with van der Waals surface area (Å²) in [5.74, 6) is -4.67. The van der Waals surface area contributed by atoms with Crippen molar-refractivity contribution in [2.45, 2.75) is 26.1 Å². The van der Waals surface area contributed by atoms with Crippen molar-refractivity contribution < 1.29 is 31.5 Å². The first kappa shape index (κ1) is 21.3. The number of carbonyl (C=O) groups excluding carboxylic acids is 2. The Bertz CT molecular complexity index is 861. The molecule has 0 bridgehead atoms. The van der Waals surface area contributed by atoms with Crippen LogP contribution in [0.5, 0.6) is 0 Å². The van der Waals surface area contributed by atoms with E-state index in [0.717, 1.165) is 36.4 Å². The first-order valence-electron chi connectivity index (χ1n) is 8.23. The smallest absolute Gasteiger partial charge is 0.340 e. The Morgan fingerprint density at radius 3 is 2.07 bits per heavy atom. The zero-order valence-corrected chi connectivity index (χ0v) is 14.9. The lowest BCUT2D eigenvalue weighted by molar-refractivity contribution is -0.137. The highest BCUT2D eigenvalue weighted by Crippen LogP contribution is 2.30. The number of carbonyl (C=O) groups is 2. The molecule has 1 unspecified atom stereocenters. The van der Waals surface area contributed by atoms with Crippen molar-refractivity contribution >= 4 is 17.5 Å². The molecule has 0 aliphatic carbocycles. The lowest BCUT2D eigenvalue weighted by Crippen LogP contribution is -2.47. The van der Waals surface area contributed by atoms with Gasteiger partial charge in [0.2, 0.25) is 5.91 Å². The summed E-state index contributed by atoms with van der Waals surface area (Å²) in [7, 11) is 0. The number of halogens is 5. The fraction of sp³-hybridized carbons (Fsp3) is 0.263. The Morgan fingerprint density at radius 1 is 0.964 bits per heavy atom. The molecule has 2 rings (SSSR count). The van der Waals surface area contributed by atoms with Gasteiger partial charge in [0.15, 0.2) is 0 Å². The fourth-order valence-electron chi connectivity index (χ4n) is 2.46. The van der Waals surface area contributed by atoms with E-state index in [0.29, 0.717) is 0 Å². The van der Waals surface area contributed by atoms with Crippen molar-refractivity contribution in [3.8, 4) is 0 Å². The van der Waals surface area contributed by atoms with Crippen LogP contribution in [-0.2, 0) is 11.0 Å². The van der Waals surface area contributed by atoms with Crippen LogP contribution in [0.25, 0.3) is 0 Å². The van der Waals surface area contributed by atoms with Gasteiger partial charge in [0.1, 0.15) is 23.2 Å². The zero-order valence-electron chi connectivity index (χ0n) is 14.9. The van der Waals surface area contributed by atoms with Crippen LogP contribution in [0.15, 0.2) is 42.5 Å². The van der Waals surface area contributed by atoms with Crippen LogP contribution in [0.4, 0.5) is 27.6 Å². The van der Waals surface area contributed by atoms with Gasteiger partial charge in [-0.3, -0.25) is 9.59 Å². The molecule has 2 N–H and O–H groups in total. The van der Waals surface area contributed by atoms with Crippen molar-refractivity contribution in [3.05, 3.63) is 65.2 Å². The highest BCUT2D eigenvalue weighted by atomic mass is 19.4. The Kier molecular flexibility index (Phi) is 6.37. The van der Waals surface area contributed by atoms with Gasteiger partial charge in [-0.05, 0) is 36.2 Å². The van der Waals surface area contributed by atoms with Crippen molar-refractivity contribution in [1.82, 2.24) is 5.32 Å². The number of hydrogen-bond donors (Lipinski definition) is 2. The molecule has 0 heterocycles. The topological polar surface area (TPSA) is 58.2 Å². The molecule has 2 amide bonds. The monoisotopic (exact) mass is 400 g/mol. The molecule has 0 aromatic heterocycles. The zero-order chi connectivity index (χ0) is 21.1. The molecule has 150 valence electrons. The highest BCUT2D eigenvalue weighted by Gasteiger charge is 2.31. The summed E-state index contributed by atoms with van der Waals surface area (Å²) < 4.78 is 65.9. The summed E-state index contributed by atoms with van der Waals surface area (Å²) in [6, 6.07) is 5.60. The van der Waals surface area contributed by atoms with Gasteiger partial charge in [-0.2, -0.15) is 13.2 Å². The van der Waals surface area contributed by atoms with Gasteiger partial charge in [-0.25, -0.2) is 8.78 Å². The van der Waals surface area contributed by atoms with Crippen LogP contribution in [-0.4, -0.2) is 17.9 Å². The maximum atomic E-state index is 13.7. The number of anilines is 1. The summed E-state index contributed by atoms with van der Waals surface area (Å²) in [6.45, 7) is 3.13. The van der Waals surface area contributed by atoms with Gasteiger partial charge < -0.3 is 10.6 Å². The van der Waals surface area contributed by atoms with Gasteiger partial charge in [-0.15, -0.1) is 0 Å². The van der Waals surface area contributed by atoms with Gasteiger partial charge in [0.05, 0.1) is 5.56 Å². The predicted octanol–water partition coefficient (Wildman–Crippen LogP) is 4.38. The average Bonchev–Trinajstić information content (AvgIpc) is 2.58. The van der Waals surface area contributed by atoms with Crippen LogP contribution in [0.2, 0.25) is 0 Å². The SMILES string of the molecule is CC(C)C(NC(=O)c1c(F)cccc1F)C(=O)Nc1cccc(C(F)(F)F)c1. The maximum Gasteiger partial charge on any atom is 0.416 e. The van der Waals surface area contributed by atoms with Crippen molar-refractivity contribution in [2.24, 2.45) is 5.92 Å². The summed E-state index contributed by atoms with van der Waals surface area (Å²) in [4.78, 5) is 24.7. The van der Waals surface area contributed by atoms with Crippen molar-refractivity contribution in [2.75, 3.05) is 5.32 Å². The van der Waals surface area contributed by atoms with Crippen LogP contribution < -0.4 is 10.6 Å². The summed E-state index contributed by atoms with van der Waals surface area (Å²) in [5, 5.41) is 4.51. The molecule has 0 saturated carbocycles. The van der Waals surface area contributed by atoms with Gasteiger partial charge >= 0.3 is 6.18 Å². The Hall–Kier alpha value is -2.97. The lowest BCUT2D eigenvalue weighted by Gasteiger charge is -2.22.